The monoisotopic (exact) mass is 368 g/mol. The lowest BCUT2D eigenvalue weighted by Crippen LogP contribution is -2.43. The van der Waals surface area contributed by atoms with E-state index in [4.69, 9.17) is 9.15 Å². The molecule has 1 N–H and O–H groups in total. The van der Waals surface area contributed by atoms with Gasteiger partial charge in [0.1, 0.15) is 11.8 Å². The first-order valence-corrected chi connectivity index (χ1v) is 9.63. The van der Waals surface area contributed by atoms with Crippen molar-refractivity contribution in [2.24, 2.45) is 0 Å². The van der Waals surface area contributed by atoms with Crippen molar-refractivity contribution >= 4 is 17.5 Å². The summed E-state index contributed by atoms with van der Waals surface area (Å²) in [5, 5.41) is 2.94. The van der Waals surface area contributed by atoms with Crippen LogP contribution in [-0.4, -0.2) is 35.4 Å². The van der Waals surface area contributed by atoms with Crippen molar-refractivity contribution in [3.63, 3.8) is 0 Å². The molecule has 27 heavy (non-hydrogen) atoms. The van der Waals surface area contributed by atoms with Crippen LogP contribution < -0.4 is 10.1 Å². The molecular weight excluding hydrogens is 344 g/mol. The molecule has 1 atom stereocenters. The minimum Gasteiger partial charge on any atom is -0.490 e. The normalized spacial score (nSPS) is 20.0. The molecular formula is C21H24N2O4. The molecule has 1 saturated heterocycles. The van der Waals surface area contributed by atoms with Crippen molar-refractivity contribution in [3.05, 3.63) is 48.4 Å². The smallest absolute Gasteiger partial charge is 0.290 e. The molecule has 2 aromatic rings. The highest BCUT2D eigenvalue weighted by Gasteiger charge is 2.35. The van der Waals surface area contributed by atoms with Crippen LogP contribution in [0.3, 0.4) is 0 Å². The molecule has 1 aliphatic carbocycles. The summed E-state index contributed by atoms with van der Waals surface area (Å²) in [6, 6.07) is 10.3. The van der Waals surface area contributed by atoms with Gasteiger partial charge >= 0.3 is 0 Å². The Labute approximate surface area is 158 Å². The van der Waals surface area contributed by atoms with E-state index in [0.29, 0.717) is 18.7 Å². The summed E-state index contributed by atoms with van der Waals surface area (Å²) in [5.74, 6) is 0.623. The number of benzene rings is 1. The van der Waals surface area contributed by atoms with Crippen molar-refractivity contribution in [3.8, 4) is 5.75 Å². The minimum atomic E-state index is -0.484. The molecule has 1 aromatic carbocycles. The number of amides is 2. The number of hydrogen-bond acceptors (Lipinski definition) is 4. The second-order valence-corrected chi connectivity index (χ2v) is 7.18. The molecule has 1 saturated carbocycles. The third-order valence-electron chi connectivity index (χ3n) is 5.25. The highest BCUT2D eigenvalue weighted by Crippen LogP contribution is 2.27. The molecule has 2 fully saturated rings. The van der Waals surface area contributed by atoms with Gasteiger partial charge in [0.15, 0.2) is 5.76 Å². The fraction of sp³-hybridized carbons (Fsp3) is 0.429. The maximum Gasteiger partial charge on any atom is 0.290 e. The molecule has 0 radical (unpaired) electrons. The lowest BCUT2D eigenvalue weighted by Gasteiger charge is -2.23. The van der Waals surface area contributed by atoms with E-state index < -0.39 is 6.04 Å². The van der Waals surface area contributed by atoms with Gasteiger partial charge in [0, 0.05) is 18.3 Å². The zero-order valence-corrected chi connectivity index (χ0v) is 15.2. The number of carbonyl (C=O) groups is 2. The zero-order chi connectivity index (χ0) is 18.6. The number of hydrogen-bond donors (Lipinski definition) is 1. The van der Waals surface area contributed by atoms with Crippen LogP contribution in [-0.2, 0) is 4.79 Å². The molecule has 6 heteroatoms. The maximum atomic E-state index is 12.8. The maximum absolute atomic E-state index is 12.8. The van der Waals surface area contributed by atoms with Gasteiger partial charge in [-0.15, -0.1) is 0 Å². The zero-order valence-electron chi connectivity index (χ0n) is 15.2. The molecule has 0 spiro atoms. The lowest BCUT2D eigenvalue weighted by atomic mass is 10.2. The summed E-state index contributed by atoms with van der Waals surface area (Å²) in [5.41, 5.74) is 0.688. The highest BCUT2D eigenvalue weighted by molar-refractivity contribution is 6.00. The quantitative estimate of drug-likeness (QED) is 0.870. The molecule has 4 rings (SSSR count). The third-order valence-corrected chi connectivity index (χ3v) is 5.25. The predicted molar refractivity (Wildman–Crippen MR) is 101 cm³/mol. The van der Waals surface area contributed by atoms with Crippen molar-refractivity contribution in [1.29, 1.82) is 0 Å². The lowest BCUT2D eigenvalue weighted by molar-refractivity contribution is -0.119. The van der Waals surface area contributed by atoms with E-state index in [-0.39, 0.29) is 23.7 Å². The molecule has 2 heterocycles. The number of rotatable bonds is 5. The number of likely N-dealkylation sites (tertiary alicyclic amines) is 1. The summed E-state index contributed by atoms with van der Waals surface area (Å²) >= 11 is 0. The Morgan fingerprint density at radius 3 is 2.70 bits per heavy atom. The summed E-state index contributed by atoms with van der Waals surface area (Å²) in [4.78, 5) is 26.9. The summed E-state index contributed by atoms with van der Waals surface area (Å²) < 4.78 is 11.2. The summed E-state index contributed by atoms with van der Waals surface area (Å²) in [6.45, 7) is 0.558. The fourth-order valence-corrected chi connectivity index (χ4v) is 3.90. The first-order chi connectivity index (χ1) is 13.2. The Bertz CT molecular complexity index is 796. The van der Waals surface area contributed by atoms with Gasteiger partial charge in [0.2, 0.25) is 5.91 Å². The molecule has 1 aliphatic heterocycles. The van der Waals surface area contributed by atoms with Crippen LogP contribution in [0.25, 0.3) is 0 Å². The van der Waals surface area contributed by atoms with E-state index in [2.05, 4.69) is 5.32 Å². The van der Waals surface area contributed by atoms with E-state index in [0.717, 1.165) is 25.0 Å². The van der Waals surface area contributed by atoms with Gasteiger partial charge in [-0.05, 0) is 62.8 Å². The molecule has 1 aromatic heterocycles. The molecule has 2 amide bonds. The molecule has 2 aliphatic rings. The van der Waals surface area contributed by atoms with E-state index >= 15 is 0 Å². The Morgan fingerprint density at radius 2 is 1.93 bits per heavy atom. The van der Waals surface area contributed by atoms with Crippen LogP contribution in [0, 0.1) is 0 Å². The van der Waals surface area contributed by atoms with Crippen molar-refractivity contribution < 1.29 is 18.7 Å². The molecule has 142 valence electrons. The van der Waals surface area contributed by atoms with Gasteiger partial charge in [-0.3, -0.25) is 9.59 Å². The predicted octanol–water partition coefficient (Wildman–Crippen LogP) is 3.84. The van der Waals surface area contributed by atoms with Gasteiger partial charge in [0.05, 0.1) is 12.4 Å². The first kappa shape index (κ1) is 17.6. The molecule has 1 unspecified atom stereocenters. The number of carbonyl (C=O) groups excluding carboxylic acids is 2. The Balaban J connectivity index is 1.41. The second-order valence-electron chi connectivity index (χ2n) is 7.18. The van der Waals surface area contributed by atoms with Gasteiger partial charge in [0.25, 0.3) is 5.91 Å². The van der Waals surface area contributed by atoms with Crippen molar-refractivity contribution in [2.75, 3.05) is 11.9 Å². The van der Waals surface area contributed by atoms with E-state index in [9.17, 15) is 9.59 Å². The Kier molecular flexibility index (Phi) is 5.14. The van der Waals surface area contributed by atoms with Crippen LogP contribution >= 0.6 is 0 Å². The van der Waals surface area contributed by atoms with Crippen molar-refractivity contribution in [1.82, 2.24) is 4.90 Å². The van der Waals surface area contributed by atoms with Gasteiger partial charge in [-0.1, -0.05) is 6.07 Å². The number of nitrogens with zero attached hydrogens (tertiary/aromatic N) is 1. The average molecular weight is 368 g/mol. The van der Waals surface area contributed by atoms with E-state index in [1.807, 2.05) is 24.3 Å². The number of furan rings is 1. The van der Waals surface area contributed by atoms with Crippen LogP contribution in [0.15, 0.2) is 47.1 Å². The van der Waals surface area contributed by atoms with Crippen LogP contribution in [0.1, 0.15) is 49.1 Å². The Hall–Kier alpha value is -2.76. The number of ether oxygens (including phenoxy) is 1. The van der Waals surface area contributed by atoms with Crippen molar-refractivity contribution in [2.45, 2.75) is 50.7 Å². The van der Waals surface area contributed by atoms with E-state index in [1.165, 1.54) is 19.1 Å². The standard InChI is InChI=1S/C21H24N2O4/c24-20(18-10-4-12-23(18)21(25)19-11-5-13-26-19)22-15-6-3-9-17(14-15)27-16-7-1-2-8-16/h3,5-6,9,11,13-14,16,18H,1-2,4,7-8,10,12H2,(H,22,24). The first-order valence-electron chi connectivity index (χ1n) is 9.63. The number of anilines is 1. The average Bonchev–Trinajstić information content (AvgIpc) is 3.43. The third kappa shape index (κ3) is 3.99. The largest absolute Gasteiger partial charge is 0.490 e. The van der Waals surface area contributed by atoms with Crippen LogP contribution in [0.5, 0.6) is 5.75 Å². The highest BCUT2D eigenvalue weighted by atomic mass is 16.5. The SMILES string of the molecule is O=C(Nc1cccc(OC2CCCC2)c1)C1CCCN1C(=O)c1ccco1. The Morgan fingerprint density at radius 1 is 1.07 bits per heavy atom. The molecule has 0 bridgehead atoms. The summed E-state index contributed by atoms with van der Waals surface area (Å²) in [7, 11) is 0. The fourth-order valence-electron chi connectivity index (χ4n) is 3.90. The van der Waals surface area contributed by atoms with Crippen LogP contribution in [0.2, 0.25) is 0 Å². The van der Waals surface area contributed by atoms with Gasteiger partial charge < -0.3 is 19.4 Å². The topological polar surface area (TPSA) is 71.8 Å². The molecule has 6 nitrogen and oxygen atoms in total. The summed E-state index contributed by atoms with van der Waals surface area (Å²) in [6.07, 6.45) is 7.78. The number of nitrogens with one attached hydrogen (secondary N) is 1. The van der Waals surface area contributed by atoms with E-state index in [1.54, 1.807) is 17.0 Å². The minimum absolute atomic E-state index is 0.176. The van der Waals surface area contributed by atoms with Gasteiger partial charge in [-0.2, -0.15) is 0 Å². The van der Waals surface area contributed by atoms with Crippen LogP contribution in [0.4, 0.5) is 5.69 Å². The van der Waals surface area contributed by atoms with Gasteiger partial charge in [-0.25, -0.2) is 0 Å². The second kappa shape index (κ2) is 7.86.